The molecular formula is C12H12F3NO2. The van der Waals surface area contributed by atoms with Crippen molar-refractivity contribution >= 4 is 11.6 Å². The van der Waals surface area contributed by atoms with Gasteiger partial charge in [0, 0.05) is 6.61 Å². The van der Waals surface area contributed by atoms with Gasteiger partial charge in [-0.1, -0.05) is 12.1 Å². The van der Waals surface area contributed by atoms with Crippen molar-refractivity contribution in [3.63, 3.8) is 0 Å². The largest absolute Gasteiger partial charge is 0.418 e. The van der Waals surface area contributed by atoms with E-state index in [1.807, 2.05) is 0 Å². The minimum absolute atomic E-state index is 0.207. The van der Waals surface area contributed by atoms with Crippen molar-refractivity contribution in [3.8, 4) is 0 Å². The molecular weight excluding hydrogens is 247 g/mol. The van der Waals surface area contributed by atoms with Gasteiger partial charge >= 0.3 is 6.18 Å². The van der Waals surface area contributed by atoms with Gasteiger partial charge in [0.05, 0.1) is 23.8 Å². The van der Waals surface area contributed by atoms with Gasteiger partial charge in [0.1, 0.15) is 0 Å². The fourth-order valence-electron chi connectivity index (χ4n) is 1.82. The van der Waals surface area contributed by atoms with Gasteiger partial charge in [0.2, 0.25) is 5.91 Å². The molecule has 0 aromatic heterocycles. The summed E-state index contributed by atoms with van der Waals surface area (Å²) in [7, 11) is 0. The summed E-state index contributed by atoms with van der Waals surface area (Å²) >= 11 is 0. The van der Waals surface area contributed by atoms with E-state index in [2.05, 4.69) is 5.32 Å². The Morgan fingerprint density at radius 3 is 2.67 bits per heavy atom. The Balaban J connectivity index is 2.16. The minimum atomic E-state index is -4.48. The molecule has 1 fully saturated rings. The Labute approximate surface area is 102 Å². The maximum absolute atomic E-state index is 12.7. The van der Waals surface area contributed by atoms with Gasteiger partial charge in [-0.25, -0.2) is 0 Å². The standard InChI is InChI=1S/C12H12F3NO2/c13-12(14,15)9-3-1-2-4-10(9)16-11(17)8-5-6-18-7-8/h1-4,8H,5-7H2,(H,16,17). The van der Waals surface area contributed by atoms with E-state index in [0.29, 0.717) is 13.0 Å². The van der Waals surface area contributed by atoms with Crippen LogP contribution in [0.4, 0.5) is 18.9 Å². The van der Waals surface area contributed by atoms with Gasteiger partial charge in [-0.05, 0) is 18.6 Å². The second kappa shape index (κ2) is 4.97. The molecule has 1 aliphatic rings. The Morgan fingerprint density at radius 2 is 2.06 bits per heavy atom. The number of rotatable bonds is 2. The zero-order chi connectivity index (χ0) is 13.2. The summed E-state index contributed by atoms with van der Waals surface area (Å²) in [5, 5.41) is 2.32. The van der Waals surface area contributed by atoms with Crippen molar-refractivity contribution in [1.82, 2.24) is 0 Å². The number of hydrogen-bond acceptors (Lipinski definition) is 2. The van der Waals surface area contributed by atoms with Crippen LogP contribution < -0.4 is 5.32 Å². The van der Waals surface area contributed by atoms with Crippen molar-refractivity contribution in [1.29, 1.82) is 0 Å². The second-order valence-corrected chi connectivity index (χ2v) is 4.09. The number of ether oxygens (including phenoxy) is 1. The van der Waals surface area contributed by atoms with Gasteiger partial charge in [-0.15, -0.1) is 0 Å². The lowest BCUT2D eigenvalue weighted by atomic mass is 10.1. The molecule has 1 aliphatic heterocycles. The van der Waals surface area contributed by atoms with Crippen LogP contribution >= 0.6 is 0 Å². The van der Waals surface area contributed by atoms with E-state index in [-0.39, 0.29) is 18.2 Å². The molecule has 1 saturated heterocycles. The lowest BCUT2D eigenvalue weighted by molar-refractivity contribution is -0.137. The molecule has 0 saturated carbocycles. The highest BCUT2D eigenvalue weighted by Crippen LogP contribution is 2.34. The number of halogens is 3. The topological polar surface area (TPSA) is 38.3 Å². The Kier molecular flexibility index (Phi) is 3.56. The Hall–Kier alpha value is -1.56. The maximum Gasteiger partial charge on any atom is 0.418 e. The van der Waals surface area contributed by atoms with Crippen molar-refractivity contribution in [3.05, 3.63) is 29.8 Å². The number of carbonyl (C=O) groups excluding carboxylic acids is 1. The summed E-state index contributed by atoms with van der Waals surface area (Å²) in [6.45, 7) is 0.735. The quantitative estimate of drug-likeness (QED) is 0.886. The van der Waals surface area contributed by atoms with E-state index >= 15 is 0 Å². The average molecular weight is 259 g/mol. The third-order valence-electron chi connectivity index (χ3n) is 2.79. The minimum Gasteiger partial charge on any atom is -0.381 e. The van der Waals surface area contributed by atoms with Crippen LogP contribution in [0.3, 0.4) is 0 Å². The molecule has 1 amide bonds. The Bertz CT molecular complexity index is 439. The van der Waals surface area contributed by atoms with Crippen molar-refractivity contribution in [2.24, 2.45) is 5.92 Å². The smallest absolute Gasteiger partial charge is 0.381 e. The highest BCUT2D eigenvalue weighted by Gasteiger charge is 2.34. The zero-order valence-corrected chi connectivity index (χ0v) is 9.46. The van der Waals surface area contributed by atoms with Crippen LogP contribution in [0.25, 0.3) is 0 Å². The monoisotopic (exact) mass is 259 g/mol. The van der Waals surface area contributed by atoms with Gasteiger partial charge in [0.15, 0.2) is 0 Å². The Morgan fingerprint density at radius 1 is 1.33 bits per heavy atom. The van der Waals surface area contributed by atoms with Gasteiger partial charge in [-0.3, -0.25) is 4.79 Å². The number of alkyl halides is 3. The van der Waals surface area contributed by atoms with Crippen LogP contribution in [-0.4, -0.2) is 19.1 Å². The highest BCUT2D eigenvalue weighted by molar-refractivity contribution is 5.93. The van der Waals surface area contributed by atoms with Gasteiger partial charge in [-0.2, -0.15) is 13.2 Å². The van der Waals surface area contributed by atoms with Crippen LogP contribution in [0.2, 0.25) is 0 Å². The SMILES string of the molecule is O=C(Nc1ccccc1C(F)(F)F)C1CCOC1. The molecule has 0 bridgehead atoms. The number of para-hydroxylation sites is 1. The normalized spacial score (nSPS) is 19.8. The molecule has 6 heteroatoms. The van der Waals surface area contributed by atoms with E-state index in [0.717, 1.165) is 6.07 Å². The summed E-state index contributed by atoms with van der Waals surface area (Å²) < 4.78 is 43.1. The van der Waals surface area contributed by atoms with Crippen LogP contribution in [0.5, 0.6) is 0 Å². The van der Waals surface area contributed by atoms with E-state index in [4.69, 9.17) is 4.74 Å². The first kappa shape index (κ1) is 12.9. The van der Waals surface area contributed by atoms with Crippen LogP contribution in [0, 0.1) is 5.92 Å². The highest BCUT2D eigenvalue weighted by atomic mass is 19.4. The molecule has 18 heavy (non-hydrogen) atoms. The predicted octanol–water partition coefficient (Wildman–Crippen LogP) is 2.68. The third kappa shape index (κ3) is 2.81. The lowest BCUT2D eigenvalue weighted by Gasteiger charge is -2.15. The van der Waals surface area contributed by atoms with Crippen LogP contribution in [0.1, 0.15) is 12.0 Å². The summed E-state index contributed by atoms with van der Waals surface area (Å²) in [6.07, 6.45) is -3.93. The van der Waals surface area contributed by atoms with Crippen molar-refractivity contribution < 1.29 is 22.7 Å². The average Bonchev–Trinajstić information content (AvgIpc) is 2.81. The molecule has 1 aromatic rings. The molecule has 98 valence electrons. The number of nitrogens with one attached hydrogen (secondary N) is 1. The fraction of sp³-hybridized carbons (Fsp3) is 0.417. The van der Waals surface area contributed by atoms with E-state index < -0.39 is 17.6 Å². The third-order valence-corrected chi connectivity index (χ3v) is 2.79. The first-order chi connectivity index (χ1) is 8.48. The molecule has 1 aromatic carbocycles. The first-order valence-electron chi connectivity index (χ1n) is 5.53. The summed E-state index contributed by atoms with van der Waals surface area (Å²) in [5.74, 6) is -0.796. The van der Waals surface area contributed by atoms with Crippen molar-refractivity contribution in [2.45, 2.75) is 12.6 Å². The number of anilines is 1. The molecule has 1 N–H and O–H groups in total. The van der Waals surface area contributed by atoms with E-state index in [1.54, 1.807) is 0 Å². The summed E-state index contributed by atoms with van der Waals surface area (Å²) in [4.78, 5) is 11.7. The lowest BCUT2D eigenvalue weighted by Crippen LogP contribution is -2.24. The fourth-order valence-corrected chi connectivity index (χ4v) is 1.82. The molecule has 2 rings (SSSR count). The number of benzene rings is 1. The maximum atomic E-state index is 12.7. The van der Waals surface area contributed by atoms with Crippen LogP contribution in [-0.2, 0) is 15.7 Å². The number of carbonyl (C=O) groups is 1. The summed E-state index contributed by atoms with van der Waals surface area (Å²) in [5.41, 5.74) is -1.04. The summed E-state index contributed by atoms with van der Waals surface area (Å²) in [6, 6.07) is 4.93. The van der Waals surface area contributed by atoms with Gasteiger partial charge < -0.3 is 10.1 Å². The number of amides is 1. The predicted molar refractivity (Wildman–Crippen MR) is 59.0 cm³/mol. The van der Waals surface area contributed by atoms with Crippen molar-refractivity contribution in [2.75, 3.05) is 18.5 Å². The molecule has 1 atom stereocenters. The molecule has 0 spiro atoms. The first-order valence-corrected chi connectivity index (χ1v) is 5.53. The van der Waals surface area contributed by atoms with E-state index in [1.165, 1.54) is 18.2 Å². The molecule has 0 aliphatic carbocycles. The zero-order valence-electron chi connectivity index (χ0n) is 9.46. The molecule has 0 radical (unpaired) electrons. The molecule has 1 unspecified atom stereocenters. The van der Waals surface area contributed by atoms with Crippen LogP contribution in [0.15, 0.2) is 24.3 Å². The second-order valence-electron chi connectivity index (χ2n) is 4.09. The van der Waals surface area contributed by atoms with E-state index in [9.17, 15) is 18.0 Å². The van der Waals surface area contributed by atoms with Gasteiger partial charge in [0.25, 0.3) is 0 Å². The number of hydrogen-bond donors (Lipinski definition) is 1. The molecule has 3 nitrogen and oxygen atoms in total. The molecule has 1 heterocycles.